The molecule has 1 fully saturated rings. The molecule has 0 bridgehead atoms. The number of carbonyl (C=O) groups is 1. The third-order valence-corrected chi connectivity index (χ3v) is 4.97. The third kappa shape index (κ3) is 2.84. The molecule has 1 aromatic carbocycles. The zero-order valence-corrected chi connectivity index (χ0v) is 13.0. The normalized spacial score (nSPS) is 25.1. The molecule has 120 valence electrons. The lowest BCUT2D eigenvalue weighted by Gasteiger charge is -2.43. The molecule has 0 spiro atoms. The highest BCUT2D eigenvalue weighted by molar-refractivity contribution is 5.83. The number of aromatic hydroxyl groups is 1. The summed E-state index contributed by atoms with van der Waals surface area (Å²) in [6.07, 6.45) is 1.76. The molecule has 0 aliphatic carbocycles. The first-order chi connectivity index (χ1) is 11.0. The van der Waals surface area contributed by atoms with Crippen LogP contribution in [0, 0.1) is 28.1 Å². The summed E-state index contributed by atoms with van der Waals surface area (Å²) in [6.45, 7) is 3.31. The van der Waals surface area contributed by atoms with E-state index in [1.165, 1.54) is 0 Å². The molecule has 0 aromatic heterocycles. The van der Waals surface area contributed by atoms with Crippen LogP contribution >= 0.6 is 0 Å². The number of ketones is 1. The van der Waals surface area contributed by atoms with Crippen molar-refractivity contribution < 1.29 is 9.90 Å². The van der Waals surface area contributed by atoms with E-state index in [-0.39, 0.29) is 35.1 Å². The SMILES string of the molecule is CC(C#N)CC1CN2CCc3cc(O)c(N=O)cc3C2CC1=O. The molecule has 2 heterocycles. The number of Topliss-reactive ketones (excluding diaryl/α,β-unsaturated/α-hetero) is 1. The zero-order valence-electron chi connectivity index (χ0n) is 13.0. The van der Waals surface area contributed by atoms with Gasteiger partial charge in [0.1, 0.15) is 17.2 Å². The van der Waals surface area contributed by atoms with Crippen LogP contribution < -0.4 is 0 Å². The van der Waals surface area contributed by atoms with Gasteiger partial charge in [-0.25, -0.2) is 0 Å². The number of fused-ring (bicyclic) bond motifs is 3. The summed E-state index contributed by atoms with van der Waals surface area (Å²) in [5.41, 5.74) is 1.93. The average Bonchev–Trinajstić information content (AvgIpc) is 2.54. The Bertz CT molecular complexity index is 695. The van der Waals surface area contributed by atoms with Gasteiger partial charge in [0.05, 0.1) is 6.07 Å². The minimum Gasteiger partial charge on any atom is -0.506 e. The molecule has 0 saturated carbocycles. The highest BCUT2D eigenvalue weighted by atomic mass is 16.3. The minimum absolute atomic E-state index is 0.0262. The minimum atomic E-state index is -0.125. The molecule has 3 rings (SSSR count). The van der Waals surface area contributed by atoms with Crippen LogP contribution in [0.2, 0.25) is 0 Å². The number of carbonyl (C=O) groups excluding carboxylic acids is 1. The van der Waals surface area contributed by atoms with Gasteiger partial charge in [0, 0.05) is 37.4 Å². The number of hydrogen-bond acceptors (Lipinski definition) is 6. The molecule has 6 heteroatoms. The molecule has 2 aliphatic heterocycles. The number of phenols is 1. The van der Waals surface area contributed by atoms with Crippen LogP contribution in [0.1, 0.15) is 36.9 Å². The van der Waals surface area contributed by atoms with E-state index < -0.39 is 0 Å². The Morgan fingerprint density at radius 1 is 1.52 bits per heavy atom. The van der Waals surface area contributed by atoms with Crippen LogP contribution in [0.25, 0.3) is 0 Å². The Balaban J connectivity index is 1.87. The summed E-state index contributed by atoms with van der Waals surface area (Å²) in [4.78, 5) is 25.5. The summed E-state index contributed by atoms with van der Waals surface area (Å²) in [5.74, 6) is -0.145. The predicted octanol–water partition coefficient (Wildman–Crippen LogP) is 2.83. The van der Waals surface area contributed by atoms with Crippen LogP contribution in [0.5, 0.6) is 5.75 Å². The van der Waals surface area contributed by atoms with Gasteiger partial charge in [0.15, 0.2) is 0 Å². The highest BCUT2D eigenvalue weighted by Gasteiger charge is 2.38. The van der Waals surface area contributed by atoms with E-state index in [2.05, 4.69) is 16.1 Å². The quantitative estimate of drug-likeness (QED) is 0.866. The Morgan fingerprint density at radius 3 is 3.00 bits per heavy atom. The average molecular weight is 313 g/mol. The standard InChI is InChI=1S/C17H19N3O3/c1-10(8-18)4-12-9-20-3-2-11-5-17(22)14(19-23)6-13(11)15(20)7-16(12)21/h5-6,10,12,15,22H,2-4,7,9H2,1H3. The molecule has 1 saturated heterocycles. The number of phenolic OH excluding ortho intramolecular Hbond substituents is 1. The number of rotatable bonds is 3. The van der Waals surface area contributed by atoms with E-state index in [0.29, 0.717) is 19.4 Å². The van der Waals surface area contributed by atoms with Crippen molar-refractivity contribution >= 4 is 11.5 Å². The monoisotopic (exact) mass is 313 g/mol. The van der Waals surface area contributed by atoms with E-state index in [1.54, 1.807) is 12.1 Å². The fourth-order valence-electron chi connectivity index (χ4n) is 3.74. The Labute approximate surface area is 134 Å². The lowest BCUT2D eigenvalue weighted by Crippen LogP contribution is -2.46. The van der Waals surface area contributed by atoms with E-state index in [9.17, 15) is 14.8 Å². The molecule has 6 nitrogen and oxygen atoms in total. The van der Waals surface area contributed by atoms with Gasteiger partial charge in [-0.2, -0.15) is 5.26 Å². The third-order valence-electron chi connectivity index (χ3n) is 4.97. The maximum Gasteiger partial charge on any atom is 0.149 e. The van der Waals surface area contributed by atoms with Crippen molar-refractivity contribution in [2.75, 3.05) is 13.1 Å². The summed E-state index contributed by atoms with van der Waals surface area (Å²) in [7, 11) is 0. The van der Waals surface area contributed by atoms with Gasteiger partial charge < -0.3 is 5.11 Å². The summed E-state index contributed by atoms with van der Waals surface area (Å²) >= 11 is 0. The van der Waals surface area contributed by atoms with Crippen molar-refractivity contribution in [2.24, 2.45) is 17.0 Å². The fourth-order valence-corrected chi connectivity index (χ4v) is 3.74. The largest absolute Gasteiger partial charge is 0.506 e. The second-order valence-corrected chi connectivity index (χ2v) is 6.52. The highest BCUT2D eigenvalue weighted by Crippen LogP contribution is 2.42. The van der Waals surface area contributed by atoms with Crippen molar-refractivity contribution in [1.29, 1.82) is 5.26 Å². The van der Waals surface area contributed by atoms with E-state index in [0.717, 1.165) is 24.1 Å². The Hall–Kier alpha value is -2.26. The Kier molecular flexibility index (Phi) is 4.14. The lowest BCUT2D eigenvalue weighted by atomic mass is 9.80. The molecular formula is C17H19N3O3. The van der Waals surface area contributed by atoms with Crippen LogP contribution in [0.3, 0.4) is 0 Å². The second-order valence-electron chi connectivity index (χ2n) is 6.52. The molecule has 1 aromatic rings. The molecule has 0 radical (unpaired) electrons. The van der Waals surface area contributed by atoms with Gasteiger partial charge in [-0.15, -0.1) is 4.91 Å². The number of nitroso groups, excluding NO2 is 1. The topological polar surface area (TPSA) is 93.8 Å². The molecule has 0 amide bonds. The first-order valence-electron chi connectivity index (χ1n) is 7.89. The van der Waals surface area contributed by atoms with Gasteiger partial charge in [-0.3, -0.25) is 9.69 Å². The molecule has 23 heavy (non-hydrogen) atoms. The molecule has 1 N–H and O–H groups in total. The van der Waals surface area contributed by atoms with Crippen molar-refractivity contribution in [3.63, 3.8) is 0 Å². The molecule has 3 atom stereocenters. The van der Waals surface area contributed by atoms with Gasteiger partial charge in [0.25, 0.3) is 0 Å². The van der Waals surface area contributed by atoms with E-state index in [1.807, 2.05) is 6.92 Å². The summed E-state index contributed by atoms with van der Waals surface area (Å²) in [5, 5.41) is 21.6. The van der Waals surface area contributed by atoms with Crippen LogP contribution in [-0.2, 0) is 11.2 Å². The molecule has 3 unspecified atom stereocenters. The van der Waals surface area contributed by atoms with Gasteiger partial charge >= 0.3 is 0 Å². The van der Waals surface area contributed by atoms with Gasteiger partial charge in [-0.05, 0) is 48.2 Å². The summed E-state index contributed by atoms with van der Waals surface area (Å²) < 4.78 is 0. The number of piperidine rings is 1. The maximum atomic E-state index is 12.5. The summed E-state index contributed by atoms with van der Waals surface area (Å²) in [6, 6.07) is 5.35. The maximum absolute atomic E-state index is 12.5. The van der Waals surface area contributed by atoms with Crippen LogP contribution in [0.4, 0.5) is 5.69 Å². The van der Waals surface area contributed by atoms with E-state index >= 15 is 0 Å². The number of nitriles is 1. The van der Waals surface area contributed by atoms with E-state index in [4.69, 9.17) is 5.26 Å². The number of nitrogens with zero attached hydrogens (tertiary/aromatic N) is 3. The first kappa shape index (κ1) is 15.6. The van der Waals surface area contributed by atoms with Gasteiger partial charge in [0.2, 0.25) is 0 Å². The first-order valence-corrected chi connectivity index (χ1v) is 7.89. The van der Waals surface area contributed by atoms with Crippen LogP contribution in [0.15, 0.2) is 17.3 Å². The fraction of sp³-hybridized carbons (Fsp3) is 0.529. The van der Waals surface area contributed by atoms with Crippen molar-refractivity contribution in [2.45, 2.75) is 32.2 Å². The van der Waals surface area contributed by atoms with Crippen molar-refractivity contribution in [1.82, 2.24) is 4.90 Å². The van der Waals surface area contributed by atoms with Crippen molar-refractivity contribution in [3.8, 4) is 11.8 Å². The van der Waals surface area contributed by atoms with Gasteiger partial charge in [-0.1, -0.05) is 0 Å². The molecular weight excluding hydrogens is 294 g/mol. The van der Waals surface area contributed by atoms with Crippen molar-refractivity contribution in [3.05, 3.63) is 28.2 Å². The number of hydrogen-bond donors (Lipinski definition) is 1. The molecule has 2 aliphatic rings. The predicted molar refractivity (Wildman–Crippen MR) is 84.1 cm³/mol. The smallest absolute Gasteiger partial charge is 0.149 e. The zero-order chi connectivity index (χ0) is 16.6. The Morgan fingerprint density at radius 2 is 2.30 bits per heavy atom. The van der Waals surface area contributed by atoms with Crippen LogP contribution in [-0.4, -0.2) is 28.9 Å². The second kappa shape index (κ2) is 6.09. The number of benzene rings is 1. The lowest BCUT2D eigenvalue weighted by molar-refractivity contribution is -0.129.